The zero-order chi connectivity index (χ0) is 24.5. The summed E-state index contributed by atoms with van der Waals surface area (Å²) in [5.41, 5.74) is 6.74. The Bertz CT molecular complexity index is 994. The van der Waals surface area contributed by atoms with E-state index in [0.717, 1.165) is 25.1 Å². The highest BCUT2D eigenvalue weighted by Gasteiger charge is 2.23. The van der Waals surface area contributed by atoms with E-state index in [0.29, 0.717) is 43.9 Å². The largest absolute Gasteiger partial charge is 0.449 e. The number of rotatable bonds is 9. The molecule has 0 saturated carbocycles. The molecule has 0 atom stereocenters. The third-order valence-corrected chi connectivity index (χ3v) is 5.51. The minimum Gasteiger partial charge on any atom is -0.449 e. The van der Waals surface area contributed by atoms with E-state index in [1.807, 2.05) is 13.8 Å². The van der Waals surface area contributed by atoms with E-state index < -0.39 is 5.82 Å². The number of hydrogen-bond donors (Lipinski definition) is 4. The fourth-order valence-electron chi connectivity index (χ4n) is 3.59. The lowest BCUT2D eigenvalue weighted by atomic mass is 9.97. The molecule has 11 heteroatoms. The molecule has 10 nitrogen and oxygen atoms in total. The Morgan fingerprint density at radius 2 is 2.09 bits per heavy atom. The highest BCUT2D eigenvalue weighted by molar-refractivity contribution is 5.97. The molecule has 2 heterocycles. The number of carbonyl (C=O) groups excluding carboxylic acids is 1. The first kappa shape index (κ1) is 25.2. The van der Waals surface area contributed by atoms with Crippen LogP contribution in [0.15, 0.2) is 35.7 Å². The second-order valence-electron chi connectivity index (χ2n) is 8.73. The molecule has 1 amide bonds. The van der Waals surface area contributed by atoms with Crippen LogP contribution in [0.1, 0.15) is 37.9 Å². The number of nitrogens with zero attached hydrogens (tertiary/aromatic N) is 4. The van der Waals surface area contributed by atoms with Gasteiger partial charge in [-0.15, -0.1) is 0 Å². The zero-order valence-electron chi connectivity index (χ0n) is 19.5. The molecule has 1 aliphatic rings. The van der Waals surface area contributed by atoms with Gasteiger partial charge in [-0.1, -0.05) is 19.0 Å². The summed E-state index contributed by atoms with van der Waals surface area (Å²) in [4.78, 5) is 22.3. The molecule has 34 heavy (non-hydrogen) atoms. The topological polar surface area (TPSA) is 138 Å². The molecule has 1 saturated heterocycles. The molecule has 1 aromatic carbocycles. The van der Waals surface area contributed by atoms with Gasteiger partial charge in [-0.05, 0) is 49.4 Å². The van der Waals surface area contributed by atoms with Crippen LogP contribution in [0, 0.1) is 17.7 Å². The molecule has 5 N–H and O–H groups in total. The SMILES string of the molecule is CC(C)COC(=O)N1CCC(CNCc2cc(Nc3ccc(/C(N)=N/O)cc3F)ncn2)CC1. The lowest BCUT2D eigenvalue weighted by molar-refractivity contribution is 0.0789. The van der Waals surface area contributed by atoms with Crippen molar-refractivity contribution >= 4 is 23.4 Å². The maximum Gasteiger partial charge on any atom is 0.409 e. The molecule has 0 bridgehead atoms. The maximum absolute atomic E-state index is 14.4. The fraction of sp³-hybridized carbons (Fsp3) is 0.478. The highest BCUT2D eigenvalue weighted by Crippen LogP contribution is 2.21. The first-order chi connectivity index (χ1) is 16.4. The minimum atomic E-state index is -0.554. The van der Waals surface area contributed by atoms with E-state index in [1.54, 1.807) is 17.0 Å². The van der Waals surface area contributed by atoms with Gasteiger partial charge < -0.3 is 31.2 Å². The molecule has 1 fully saturated rings. The van der Waals surface area contributed by atoms with Crippen molar-refractivity contribution in [2.75, 3.05) is 31.6 Å². The molecule has 0 unspecified atom stereocenters. The van der Waals surface area contributed by atoms with E-state index in [1.165, 1.54) is 18.5 Å². The summed E-state index contributed by atoms with van der Waals surface area (Å²) in [5, 5.41) is 17.9. The van der Waals surface area contributed by atoms with Crippen LogP contribution < -0.4 is 16.4 Å². The number of likely N-dealkylation sites (tertiary alicyclic amines) is 1. The molecule has 0 aliphatic carbocycles. The molecule has 0 radical (unpaired) electrons. The number of aromatic nitrogens is 2. The summed E-state index contributed by atoms with van der Waals surface area (Å²) < 4.78 is 19.7. The Morgan fingerprint density at radius 3 is 2.76 bits per heavy atom. The Hall–Kier alpha value is -3.47. The molecule has 1 aliphatic heterocycles. The quantitative estimate of drug-likeness (QED) is 0.189. The number of ether oxygens (including phenoxy) is 1. The van der Waals surface area contributed by atoms with E-state index in [2.05, 4.69) is 25.8 Å². The summed E-state index contributed by atoms with van der Waals surface area (Å²) in [6.07, 6.45) is 3.03. The predicted octanol–water partition coefficient (Wildman–Crippen LogP) is 3.05. The van der Waals surface area contributed by atoms with Crippen LogP contribution in [0.2, 0.25) is 0 Å². The Kier molecular flexibility index (Phi) is 8.97. The van der Waals surface area contributed by atoms with Crippen molar-refractivity contribution < 1.29 is 19.1 Å². The molecule has 0 spiro atoms. The first-order valence-corrected chi connectivity index (χ1v) is 11.3. The van der Waals surface area contributed by atoms with Crippen LogP contribution in [0.5, 0.6) is 0 Å². The molecular formula is C23H32FN7O3. The minimum absolute atomic E-state index is 0.169. The standard InChI is InChI=1S/C23H32FN7O3/c1-15(2)13-34-23(32)31-7-5-16(6-8-31)11-26-12-18-10-21(28-14-27-18)29-20-4-3-17(9-19(20)24)22(25)30-33/h3-4,9-10,14-16,26,33H,5-8,11-13H2,1-2H3,(H2,25,30)(H,27,28,29). The number of piperidine rings is 1. The molecule has 2 aromatic rings. The van der Waals surface area contributed by atoms with Crippen molar-refractivity contribution in [3.05, 3.63) is 47.7 Å². The van der Waals surface area contributed by atoms with Gasteiger partial charge in [-0.3, -0.25) is 0 Å². The number of amidine groups is 1. The van der Waals surface area contributed by atoms with Gasteiger partial charge in [0.15, 0.2) is 5.84 Å². The lowest BCUT2D eigenvalue weighted by Gasteiger charge is -2.31. The van der Waals surface area contributed by atoms with Gasteiger partial charge in [-0.2, -0.15) is 0 Å². The summed E-state index contributed by atoms with van der Waals surface area (Å²) in [5.74, 6) is 0.528. The number of oxime groups is 1. The van der Waals surface area contributed by atoms with Gasteiger partial charge in [0.1, 0.15) is 18.0 Å². The number of anilines is 2. The number of nitrogens with two attached hydrogens (primary N) is 1. The van der Waals surface area contributed by atoms with Crippen molar-refractivity contribution in [3.8, 4) is 0 Å². The number of nitrogens with one attached hydrogen (secondary N) is 2. The maximum atomic E-state index is 14.4. The van der Waals surface area contributed by atoms with Crippen molar-refractivity contribution in [2.24, 2.45) is 22.7 Å². The smallest absolute Gasteiger partial charge is 0.409 e. The molecule has 184 valence electrons. The molecular weight excluding hydrogens is 441 g/mol. The second kappa shape index (κ2) is 12.1. The fourth-order valence-corrected chi connectivity index (χ4v) is 3.59. The van der Waals surface area contributed by atoms with Crippen LogP contribution in [0.4, 0.5) is 20.7 Å². The van der Waals surface area contributed by atoms with Gasteiger partial charge in [-0.25, -0.2) is 19.2 Å². The third-order valence-electron chi connectivity index (χ3n) is 5.51. The van der Waals surface area contributed by atoms with Crippen LogP contribution in [-0.2, 0) is 11.3 Å². The number of benzene rings is 1. The van der Waals surface area contributed by atoms with Crippen LogP contribution in [0.25, 0.3) is 0 Å². The number of halogens is 1. The highest BCUT2D eigenvalue weighted by atomic mass is 19.1. The number of carbonyl (C=O) groups is 1. The normalized spacial score (nSPS) is 14.9. The third kappa shape index (κ3) is 7.27. The Labute approximate surface area is 198 Å². The summed E-state index contributed by atoms with van der Waals surface area (Å²) in [6, 6.07) is 5.96. The van der Waals surface area contributed by atoms with Gasteiger partial charge in [0.2, 0.25) is 0 Å². The van der Waals surface area contributed by atoms with Crippen LogP contribution >= 0.6 is 0 Å². The number of hydrogen-bond acceptors (Lipinski definition) is 8. The van der Waals surface area contributed by atoms with E-state index in [-0.39, 0.29) is 23.2 Å². The van der Waals surface area contributed by atoms with E-state index in [9.17, 15) is 9.18 Å². The summed E-state index contributed by atoms with van der Waals surface area (Å²) in [6.45, 7) is 7.23. The van der Waals surface area contributed by atoms with Gasteiger partial charge in [0.05, 0.1) is 18.0 Å². The average Bonchev–Trinajstić information content (AvgIpc) is 2.84. The Balaban J connectivity index is 1.45. The van der Waals surface area contributed by atoms with Crippen molar-refractivity contribution in [3.63, 3.8) is 0 Å². The summed E-state index contributed by atoms with van der Waals surface area (Å²) >= 11 is 0. The van der Waals surface area contributed by atoms with Crippen molar-refractivity contribution in [2.45, 2.75) is 33.2 Å². The molecule has 3 rings (SSSR count). The van der Waals surface area contributed by atoms with Gasteiger partial charge in [0.25, 0.3) is 0 Å². The second-order valence-corrected chi connectivity index (χ2v) is 8.73. The van der Waals surface area contributed by atoms with Crippen molar-refractivity contribution in [1.82, 2.24) is 20.2 Å². The van der Waals surface area contributed by atoms with Crippen molar-refractivity contribution in [1.29, 1.82) is 0 Å². The predicted molar refractivity (Wildman–Crippen MR) is 126 cm³/mol. The average molecular weight is 474 g/mol. The molecule has 1 aromatic heterocycles. The monoisotopic (exact) mass is 473 g/mol. The number of amides is 1. The lowest BCUT2D eigenvalue weighted by Crippen LogP contribution is -2.41. The van der Waals surface area contributed by atoms with Gasteiger partial charge >= 0.3 is 6.09 Å². The zero-order valence-corrected chi connectivity index (χ0v) is 19.5. The van der Waals surface area contributed by atoms with Gasteiger partial charge in [0, 0.05) is 31.3 Å². The van der Waals surface area contributed by atoms with Crippen LogP contribution in [-0.4, -0.2) is 58.2 Å². The first-order valence-electron chi connectivity index (χ1n) is 11.3. The summed E-state index contributed by atoms with van der Waals surface area (Å²) in [7, 11) is 0. The van der Waals surface area contributed by atoms with E-state index in [4.69, 9.17) is 15.7 Å². The van der Waals surface area contributed by atoms with E-state index >= 15 is 0 Å². The Morgan fingerprint density at radius 1 is 1.32 bits per heavy atom. The van der Waals surface area contributed by atoms with Crippen LogP contribution in [0.3, 0.4) is 0 Å².